The third-order valence-electron chi connectivity index (χ3n) is 4.98. The fourth-order valence-corrected chi connectivity index (χ4v) is 3.81. The number of carbonyl (C=O) groups is 2. The lowest BCUT2D eigenvalue weighted by Gasteiger charge is -2.13. The van der Waals surface area contributed by atoms with E-state index in [9.17, 15) is 28.6 Å². The molecule has 0 saturated heterocycles. The van der Waals surface area contributed by atoms with Crippen LogP contribution in [0.15, 0.2) is 12.1 Å². The van der Waals surface area contributed by atoms with Gasteiger partial charge in [0.25, 0.3) is 0 Å². The standard InChI is InChI=1S/C23H32F2N4O5S/c1-13(2)10-26-11-16(30)6-4-5-7-27-23(33)28-21-19(22(31)32)20(29-35-21)34-12-15-9-17(24)14(3)8-18(15)25/h8-9,13,16,26,30H,4-7,10-12H2,1-3H3,(H,31,32)(H2,27,28,33). The van der Waals surface area contributed by atoms with Crippen LogP contribution in [0.25, 0.3) is 0 Å². The second kappa shape index (κ2) is 13.9. The molecular weight excluding hydrogens is 482 g/mol. The smallest absolute Gasteiger partial charge is 0.344 e. The van der Waals surface area contributed by atoms with Crippen molar-refractivity contribution in [1.82, 2.24) is 15.0 Å². The summed E-state index contributed by atoms with van der Waals surface area (Å²) in [6.07, 6.45) is 1.48. The number of rotatable bonds is 14. The molecular formula is C23H32F2N4O5S. The van der Waals surface area contributed by atoms with Crippen molar-refractivity contribution < 1.29 is 33.3 Å². The number of aromatic nitrogens is 1. The summed E-state index contributed by atoms with van der Waals surface area (Å²) in [5.74, 6) is -2.49. The van der Waals surface area contributed by atoms with Gasteiger partial charge in [0.15, 0.2) is 5.56 Å². The molecule has 9 nitrogen and oxygen atoms in total. The topological polar surface area (TPSA) is 133 Å². The van der Waals surface area contributed by atoms with Crippen LogP contribution >= 0.6 is 11.5 Å². The van der Waals surface area contributed by atoms with Gasteiger partial charge in [-0.3, -0.25) is 5.32 Å². The maximum absolute atomic E-state index is 14.0. The average molecular weight is 515 g/mol. The van der Waals surface area contributed by atoms with E-state index in [4.69, 9.17) is 4.74 Å². The molecule has 0 fully saturated rings. The van der Waals surface area contributed by atoms with Crippen LogP contribution in [0.2, 0.25) is 0 Å². The first-order chi connectivity index (χ1) is 16.6. The molecule has 0 radical (unpaired) electrons. The summed E-state index contributed by atoms with van der Waals surface area (Å²) in [5.41, 5.74) is -0.334. The lowest BCUT2D eigenvalue weighted by atomic mass is 10.1. The third kappa shape index (κ3) is 9.38. The largest absolute Gasteiger partial charge is 0.477 e. The van der Waals surface area contributed by atoms with Gasteiger partial charge in [-0.2, -0.15) is 4.37 Å². The highest BCUT2D eigenvalue weighted by molar-refractivity contribution is 7.11. The number of aryl methyl sites for hydroxylation is 1. The Hall–Kier alpha value is -2.83. The van der Waals surface area contributed by atoms with Crippen LogP contribution in [0.3, 0.4) is 0 Å². The molecule has 35 heavy (non-hydrogen) atoms. The molecule has 1 unspecified atom stereocenters. The molecule has 1 heterocycles. The number of aliphatic hydroxyl groups is 1. The molecule has 12 heteroatoms. The summed E-state index contributed by atoms with van der Waals surface area (Å²) < 4.78 is 36.9. The summed E-state index contributed by atoms with van der Waals surface area (Å²) in [4.78, 5) is 23.9. The van der Waals surface area contributed by atoms with Gasteiger partial charge in [0.2, 0.25) is 5.88 Å². The number of unbranched alkanes of at least 4 members (excludes halogenated alkanes) is 1. The van der Waals surface area contributed by atoms with Gasteiger partial charge in [-0.1, -0.05) is 13.8 Å². The van der Waals surface area contributed by atoms with Crippen molar-refractivity contribution in [3.8, 4) is 5.88 Å². The fraction of sp³-hybridized carbons (Fsp3) is 0.522. The zero-order valence-corrected chi connectivity index (χ0v) is 20.8. The van der Waals surface area contributed by atoms with Crippen LogP contribution in [-0.4, -0.2) is 52.3 Å². The molecule has 0 aliphatic rings. The number of aromatic carboxylic acids is 1. The Morgan fingerprint density at radius 1 is 1.17 bits per heavy atom. The van der Waals surface area contributed by atoms with Gasteiger partial charge in [0.05, 0.1) is 6.10 Å². The van der Waals surface area contributed by atoms with Crippen molar-refractivity contribution in [2.45, 2.75) is 52.7 Å². The van der Waals surface area contributed by atoms with Gasteiger partial charge in [0, 0.05) is 18.7 Å². The van der Waals surface area contributed by atoms with E-state index >= 15 is 0 Å². The molecule has 0 spiro atoms. The number of carbonyl (C=O) groups excluding carboxylic acids is 1. The number of urea groups is 1. The molecule has 2 aromatic rings. The van der Waals surface area contributed by atoms with Gasteiger partial charge in [-0.05, 0) is 67.9 Å². The minimum absolute atomic E-state index is 0.0489. The number of anilines is 1. The molecule has 2 rings (SSSR count). The van der Waals surface area contributed by atoms with Crippen molar-refractivity contribution in [3.63, 3.8) is 0 Å². The van der Waals surface area contributed by atoms with E-state index in [1.807, 2.05) is 0 Å². The first-order valence-electron chi connectivity index (χ1n) is 11.3. The Kier molecular flexibility index (Phi) is 11.3. The number of amides is 2. The van der Waals surface area contributed by atoms with Gasteiger partial charge in [-0.15, -0.1) is 0 Å². The molecule has 5 N–H and O–H groups in total. The number of aliphatic hydroxyl groups excluding tert-OH is 1. The predicted molar refractivity (Wildman–Crippen MR) is 129 cm³/mol. The number of carboxylic acids is 1. The monoisotopic (exact) mass is 514 g/mol. The molecule has 2 amide bonds. The maximum Gasteiger partial charge on any atom is 0.344 e. The molecule has 0 bridgehead atoms. The lowest BCUT2D eigenvalue weighted by molar-refractivity contribution is 0.0693. The molecule has 0 aliphatic heterocycles. The van der Waals surface area contributed by atoms with Crippen molar-refractivity contribution in [2.75, 3.05) is 25.0 Å². The zero-order chi connectivity index (χ0) is 26.0. The first kappa shape index (κ1) is 28.4. The van der Waals surface area contributed by atoms with Crippen LogP contribution < -0.4 is 20.7 Å². The minimum atomic E-state index is -1.39. The summed E-state index contributed by atoms with van der Waals surface area (Å²) in [6.45, 7) is 6.85. The molecule has 0 aliphatic carbocycles. The van der Waals surface area contributed by atoms with Crippen molar-refractivity contribution in [3.05, 3.63) is 40.5 Å². The molecule has 1 aromatic carbocycles. The fourth-order valence-electron chi connectivity index (χ4n) is 3.09. The minimum Gasteiger partial charge on any atom is -0.477 e. The van der Waals surface area contributed by atoms with Gasteiger partial charge >= 0.3 is 12.0 Å². The van der Waals surface area contributed by atoms with E-state index in [0.717, 1.165) is 18.7 Å². The highest BCUT2D eigenvalue weighted by Crippen LogP contribution is 2.31. The van der Waals surface area contributed by atoms with Gasteiger partial charge in [-0.25, -0.2) is 18.4 Å². The van der Waals surface area contributed by atoms with E-state index in [2.05, 4.69) is 34.2 Å². The number of ether oxygens (including phenoxy) is 1. The Morgan fingerprint density at radius 2 is 1.91 bits per heavy atom. The summed E-state index contributed by atoms with van der Waals surface area (Å²) in [7, 11) is 0. The van der Waals surface area contributed by atoms with Crippen LogP contribution in [0, 0.1) is 24.5 Å². The van der Waals surface area contributed by atoms with E-state index in [0.29, 0.717) is 49.8 Å². The zero-order valence-electron chi connectivity index (χ0n) is 20.0. The van der Waals surface area contributed by atoms with Gasteiger partial charge < -0.3 is 25.6 Å². The van der Waals surface area contributed by atoms with Crippen molar-refractivity contribution in [2.24, 2.45) is 5.92 Å². The number of nitrogens with one attached hydrogen (secondary N) is 3. The van der Waals surface area contributed by atoms with E-state index in [1.54, 1.807) is 0 Å². The summed E-state index contributed by atoms with van der Waals surface area (Å²) in [6, 6.07) is 1.38. The number of nitrogens with zero attached hydrogens (tertiary/aromatic N) is 1. The highest BCUT2D eigenvalue weighted by Gasteiger charge is 2.24. The Bertz CT molecular complexity index is 1000. The Labute approximate surface area is 207 Å². The second-order valence-corrected chi connectivity index (χ2v) is 9.33. The normalized spacial score (nSPS) is 12.0. The number of carboxylic acid groups (broad SMARTS) is 1. The lowest BCUT2D eigenvalue weighted by Crippen LogP contribution is -2.31. The molecule has 1 aromatic heterocycles. The SMILES string of the molecule is Cc1cc(F)c(COc2nsc(NC(=O)NCCCCC(O)CNCC(C)C)c2C(=O)O)cc1F. The van der Waals surface area contributed by atoms with Crippen LogP contribution in [0.4, 0.5) is 18.6 Å². The Morgan fingerprint density at radius 3 is 2.60 bits per heavy atom. The maximum atomic E-state index is 14.0. The predicted octanol–water partition coefficient (Wildman–Crippen LogP) is 3.91. The number of halogens is 2. The van der Waals surface area contributed by atoms with Crippen LogP contribution in [0.1, 0.15) is 54.6 Å². The number of benzene rings is 1. The number of hydrogen-bond acceptors (Lipinski definition) is 7. The van der Waals surface area contributed by atoms with Crippen molar-refractivity contribution in [1.29, 1.82) is 0 Å². The van der Waals surface area contributed by atoms with E-state index < -0.39 is 36.3 Å². The molecule has 194 valence electrons. The van der Waals surface area contributed by atoms with Crippen LogP contribution in [-0.2, 0) is 6.61 Å². The van der Waals surface area contributed by atoms with Crippen molar-refractivity contribution >= 4 is 28.5 Å². The van der Waals surface area contributed by atoms with Gasteiger partial charge in [0.1, 0.15) is 23.2 Å². The highest BCUT2D eigenvalue weighted by atomic mass is 32.1. The average Bonchev–Trinajstić information content (AvgIpc) is 3.17. The Balaban J connectivity index is 1.81. The molecule has 0 saturated carbocycles. The second-order valence-electron chi connectivity index (χ2n) is 8.56. The van der Waals surface area contributed by atoms with E-state index in [-0.39, 0.29) is 27.6 Å². The quantitative estimate of drug-likeness (QED) is 0.242. The summed E-state index contributed by atoms with van der Waals surface area (Å²) in [5, 5.41) is 27.6. The summed E-state index contributed by atoms with van der Waals surface area (Å²) >= 11 is 0.699. The number of hydrogen-bond donors (Lipinski definition) is 5. The first-order valence-corrected chi connectivity index (χ1v) is 12.1. The molecule has 1 atom stereocenters. The third-order valence-corrected chi connectivity index (χ3v) is 5.72. The van der Waals surface area contributed by atoms with E-state index in [1.165, 1.54) is 6.92 Å². The van der Waals surface area contributed by atoms with Crippen LogP contribution in [0.5, 0.6) is 5.88 Å².